The molecule has 2 rings (SSSR count). The fraction of sp³-hybridized carbons (Fsp3) is 0.222. The lowest BCUT2D eigenvalue weighted by Gasteiger charge is -2.02. The molecule has 0 spiro atoms. The summed E-state index contributed by atoms with van der Waals surface area (Å²) in [7, 11) is 0. The van der Waals surface area contributed by atoms with E-state index in [-0.39, 0.29) is 6.09 Å². The number of anilines is 1. The molecule has 1 aliphatic rings. The first-order chi connectivity index (χ1) is 5.86. The standard InChI is InChI=1S/C9H9NO2/c11-9-10-8-4-2-1-3-7(8)5-6-12-9/h1-4H,5-6H2,(H,10,11). The maximum absolute atomic E-state index is 10.9. The molecule has 0 aromatic heterocycles. The third-order valence-electron chi connectivity index (χ3n) is 1.86. The summed E-state index contributed by atoms with van der Waals surface area (Å²) < 4.78 is 4.84. The number of fused-ring (bicyclic) bond motifs is 1. The Labute approximate surface area is 70.3 Å². The van der Waals surface area contributed by atoms with Crippen LogP contribution in [0.1, 0.15) is 5.56 Å². The van der Waals surface area contributed by atoms with E-state index in [4.69, 9.17) is 4.74 Å². The van der Waals surface area contributed by atoms with Crippen LogP contribution in [-0.4, -0.2) is 12.7 Å². The number of carbonyl (C=O) groups is 1. The Kier molecular flexibility index (Phi) is 1.70. The summed E-state index contributed by atoms with van der Waals surface area (Å²) in [6, 6.07) is 7.72. The average molecular weight is 163 g/mol. The number of benzene rings is 1. The fourth-order valence-electron chi connectivity index (χ4n) is 1.26. The quantitative estimate of drug-likeness (QED) is 0.633. The van der Waals surface area contributed by atoms with Crippen molar-refractivity contribution in [1.29, 1.82) is 0 Å². The highest BCUT2D eigenvalue weighted by Crippen LogP contribution is 2.18. The van der Waals surface area contributed by atoms with Crippen molar-refractivity contribution in [3.05, 3.63) is 29.8 Å². The van der Waals surface area contributed by atoms with Gasteiger partial charge in [-0.05, 0) is 11.6 Å². The first-order valence-corrected chi connectivity index (χ1v) is 3.88. The minimum atomic E-state index is -0.361. The second-order valence-electron chi connectivity index (χ2n) is 2.67. The van der Waals surface area contributed by atoms with Crippen LogP contribution < -0.4 is 5.32 Å². The Bertz CT molecular complexity index is 309. The van der Waals surface area contributed by atoms with E-state index in [0.717, 1.165) is 17.7 Å². The molecule has 1 heterocycles. The van der Waals surface area contributed by atoms with E-state index in [1.54, 1.807) is 0 Å². The van der Waals surface area contributed by atoms with E-state index in [9.17, 15) is 4.79 Å². The summed E-state index contributed by atoms with van der Waals surface area (Å²) in [5.41, 5.74) is 1.99. The van der Waals surface area contributed by atoms with Crippen LogP contribution in [0.3, 0.4) is 0 Å². The van der Waals surface area contributed by atoms with E-state index in [2.05, 4.69) is 5.32 Å². The van der Waals surface area contributed by atoms with Gasteiger partial charge in [-0.3, -0.25) is 5.32 Å². The molecule has 0 fully saturated rings. The molecule has 0 atom stereocenters. The van der Waals surface area contributed by atoms with Gasteiger partial charge in [0.1, 0.15) is 0 Å². The minimum absolute atomic E-state index is 0.361. The number of cyclic esters (lactones) is 1. The number of carbonyl (C=O) groups excluding carboxylic acids is 1. The molecule has 62 valence electrons. The smallest absolute Gasteiger partial charge is 0.411 e. The number of ether oxygens (including phenoxy) is 1. The third-order valence-corrected chi connectivity index (χ3v) is 1.86. The van der Waals surface area contributed by atoms with Crippen LogP contribution >= 0.6 is 0 Å². The van der Waals surface area contributed by atoms with E-state index >= 15 is 0 Å². The van der Waals surface area contributed by atoms with Crippen molar-refractivity contribution in [3.63, 3.8) is 0 Å². The highest BCUT2D eigenvalue weighted by atomic mass is 16.5. The summed E-state index contributed by atoms with van der Waals surface area (Å²) in [5.74, 6) is 0. The molecule has 1 amide bonds. The van der Waals surface area contributed by atoms with Crippen LogP contribution in [0.25, 0.3) is 0 Å². The van der Waals surface area contributed by atoms with Crippen LogP contribution in [0.2, 0.25) is 0 Å². The van der Waals surface area contributed by atoms with Gasteiger partial charge < -0.3 is 4.74 Å². The predicted molar refractivity (Wildman–Crippen MR) is 45.1 cm³/mol. The molecular formula is C9H9NO2. The molecule has 3 nitrogen and oxygen atoms in total. The molecule has 0 bridgehead atoms. The van der Waals surface area contributed by atoms with Gasteiger partial charge >= 0.3 is 6.09 Å². The van der Waals surface area contributed by atoms with Crippen molar-refractivity contribution in [3.8, 4) is 0 Å². The van der Waals surface area contributed by atoms with Crippen molar-refractivity contribution in [2.24, 2.45) is 0 Å². The van der Waals surface area contributed by atoms with E-state index in [0.29, 0.717) is 6.61 Å². The van der Waals surface area contributed by atoms with Crippen LogP contribution in [0.5, 0.6) is 0 Å². The molecule has 0 unspecified atom stereocenters. The van der Waals surface area contributed by atoms with Gasteiger partial charge in [0.15, 0.2) is 0 Å². The van der Waals surface area contributed by atoms with Gasteiger partial charge in [0.2, 0.25) is 0 Å². The number of rotatable bonds is 0. The molecule has 0 saturated carbocycles. The molecule has 1 aromatic carbocycles. The molecule has 3 heteroatoms. The van der Waals surface area contributed by atoms with Gasteiger partial charge in [-0.1, -0.05) is 18.2 Å². The largest absolute Gasteiger partial charge is 0.449 e. The number of hydrogen-bond acceptors (Lipinski definition) is 2. The fourth-order valence-corrected chi connectivity index (χ4v) is 1.26. The van der Waals surface area contributed by atoms with Crippen LogP contribution in [0.15, 0.2) is 24.3 Å². The van der Waals surface area contributed by atoms with Crippen molar-refractivity contribution in [1.82, 2.24) is 0 Å². The van der Waals surface area contributed by atoms with Crippen molar-refractivity contribution in [2.45, 2.75) is 6.42 Å². The van der Waals surface area contributed by atoms with Gasteiger partial charge in [0.05, 0.1) is 6.61 Å². The van der Waals surface area contributed by atoms with E-state index in [1.807, 2.05) is 24.3 Å². The number of hydrogen-bond donors (Lipinski definition) is 1. The first kappa shape index (κ1) is 7.16. The monoisotopic (exact) mass is 163 g/mol. The highest BCUT2D eigenvalue weighted by Gasteiger charge is 2.11. The Morgan fingerprint density at radius 3 is 3.08 bits per heavy atom. The predicted octanol–water partition coefficient (Wildman–Crippen LogP) is 1.79. The maximum atomic E-state index is 10.9. The number of amides is 1. The lowest BCUT2D eigenvalue weighted by atomic mass is 10.1. The van der Waals surface area contributed by atoms with Crippen molar-refractivity contribution in [2.75, 3.05) is 11.9 Å². The zero-order chi connectivity index (χ0) is 8.39. The summed E-state index contributed by atoms with van der Waals surface area (Å²) in [6.07, 6.45) is 0.425. The van der Waals surface area contributed by atoms with Gasteiger partial charge in [-0.25, -0.2) is 4.79 Å². The number of para-hydroxylation sites is 1. The maximum Gasteiger partial charge on any atom is 0.411 e. The van der Waals surface area contributed by atoms with Crippen LogP contribution in [0, 0.1) is 0 Å². The average Bonchev–Trinajstić information content (AvgIpc) is 2.25. The summed E-state index contributed by atoms with van der Waals surface area (Å²) in [6.45, 7) is 0.461. The van der Waals surface area contributed by atoms with Gasteiger partial charge in [-0.2, -0.15) is 0 Å². The van der Waals surface area contributed by atoms with Crippen molar-refractivity contribution >= 4 is 11.8 Å². The second kappa shape index (κ2) is 2.85. The minimum Gasteiger partial charge on any atom is -0.449 e. The molecule has 0 saturated heterocycles. The van der Waals surface area contributed by atoms with Crippen molar-refractivity contribution < 1.29 is 9.53 Å². The summed E-state index contributed by atoms with van der Waals surface area (Å²) in [5, 5.41) is 2.66. The van der Waals surface area contributed by atoms with Gasteiger partial charge in [0, 0.05) is 12.1 Å². The molecule has 1 N–H and O–H groups in total. The second-order valence-corrected chi connectivity index (χ2v) is 2.67. The molecular weight excluding hydrogens is 154 g/mol. The normalized spacial score (nSPS) is 15.5. The van der Waals surface area contributed by atoms with Gasteiger partial charge in [0.25, 0.3) is 0 Å². The Balaban J connectivity index is 2.37. The molecule has 0 radical (unpaired) electrons. The van der Waals surface area contributed by atoms with Crippen LogP contribution in [0.4, 0.5) is 10.5 Å². The topological polar surface area (TPSA) is 38.3 Å². The first-order valence-electron chi connectivity index (χ1n) is 3.88. The molecule has 0 aliphatic carbocycles. The molecule has 1 aromatic rings. The lowest BCUT2D eigenvalue weighted by molar-refractivity contribution is 0.165. The Morgan fingerprint density at radius 1 is 1.33 bits per heavy atom. The lowest BCUT2D eigenvalue weighted by Crippen LogP contribution is -2.11. The Hall–Kier alpha value is -1.51. The molecule has 12 heavy (non-hydrogen) atoms. The van der Waals surface area contributed by atoms with E-state index < -0.39 is 0 Å². The Morgan fingerprint density at radius 2 is 2.17 bits per heavy atom. The van der Waals surface area contributed by atoms with Crippen LogP contribution in [-0.2, 0) is 11.2 Å². The molecule has 1 aliphatic heterocycles. The summed E-state index contributed by atoms with van der Waals surface area (Å²) in [4.78, 5) is 10.9. The summed E-state index contributed by atoms with van der Waals surface area (Å²) >= 11 is 0. The number of nitrogens with one attached hydrogen (secondary N) is 1. The SMILES string of the molecule is O=C1Nc2ccccc2CCO1. The zero-order valence-corrected chi connectivity index (χ0v) is 6.54. The van der Waals surface area contributed by atoms with Gasteiger partial charge in [-0.15, -0.1) is 0 Å². The third kappa shape index (κ3) is 1.25. The van der Waals surface area contributed by atoms with E-state index in [1.165, 1.54) is 0 Å². The zero-order valence-electron chi connectivity index (χ0n) is 6.54. The highest BCUT2D eigenvalue weighted by molar-refractivity contribution is 5.86.